The number of aromatic nitrogens is 4. The molecule has 3 rings (SSSR count). The van der Waals surface area contributed by atoms with Gasteiger partial charge in [-0.3, -0.25) is 4.98 Å². The van der Waals surface area contributed by atoms with E-state index >= 15 is 0 Å². The first-order valence-electron chi connectivity index (χ1n) is 6.86. The van der Waals surface area contributed by atoms with E-state index < -0.39 is 0 Å². The smallest absolute Gasteiger partial charge is 0.161 e. The SMILES string of the molecule is CC(C)Cn1c(-c2cnccn2)nc2cc(C#N)ccc21. The quantitative estimate of drug-likeness (QED) is 0.738. The molecule has 104 valence electrons. The van der Waals surface area contributed by atoms with Crippen LogP contribution in [0.15, 0.2) is 36.8 Å². The largest absolute Gasteiger partial charge is 0.322 e. The molecule has 0 fully saturated rings. The molecule has 2 aromatic heterocycles. The molecule has 0 amide bonds. The topological polar surface area (TPSA) is 67.4 Å². The summed E-state index contributed by atoms with van der Waals surface area (Å²) in [6, 6.07) is 7.73. The molecule has 0 aliphatic heterocycles. The summed E-state index contributed by atoms with van der Waals surface area (Å²) in [5.41, 5.74) is 3.19. The molecule has 21 heavy (non-hydrogen) atoms. The van der Waals surface area contributed by atoms with Crippen LogP contribution in [0, 0.1) is 17.2 Å². The molecular weight excluding hydrogens is 262 g/mol. The number of benzene rings is 1. The van der Waals surface area contributed by atoms with Gasteiger partial charge in [-0.1, -0.05) is 13.8 Å². The van der Waals surface area contributed by atoms with Gasteiger partial charge in [-0.25, -0.2) is 9.97 Å². The van der Waals surface area contributed by atoms with Crippen LogP contribution < -0.4 is 0 Å². The number of fused-ring (bicyclic) bond motifs is 1. The molecule has 0 atom stereocenters. The van der Waals surface area contributed by atoms with Crippen molar-refractivity contribution in [3.8, 4) is 17.6 Å². The van der Waals surface area contributed by atoms with Crippen molar-refractivity contribution in [2.24, 2.45) is 5.92 Å². The average molecular weight is 277 g/mol. The van der Waals surface area contributed by atoms with Crippen LogP contribution in [-0.4, -0.2) is 19.5 Å². The Labute approximate surface area is 122 Å². The zero-order valence-electron chi connectivity index (χ0n) is 12.0. The Hall–Kier alpha value is -2.74. The summed E-state index contributed by atoms with van der Waals surface area (Å²) in [4.78, 5) is 13.1. The molecular formula is C16H15N5. The predicted octanol–water partition coefficient (Wildman–Crippen LogP) is 3.02. The van der Waals surface area contributed by atoms with Gasteiger partial charge >= 0.3 is 0 Å². The highest BCUT2D eigenvalue weighted by molar-refractivity contribution is 5.81. The van der Waals surface area contributed by atoms with Crippen molar-refractivity contribution in [1.82, 2.24) is 19.5 Å². The van der Waals surface area contributed by atoms with Crippen LogP contribution in [0.2, 0.25) is 0 Å². The van der Waals surface area contributed by atoms with Gasteiger partial charge < -0.3 is 4.57 Å². The highest BCUT2D eigenvalue weighted by Gasteiger charge is 2.15. The molecule has 0 saturated heterocycles. The minimum Gasteiger partial charge on any atom is -0.322 e. The third kappa shape index (κ3) is 2.48. The van der Waals surface area contributed by atoms with E-state index in [9.17, 15) is 0 Å². The van der Waals surface area contributed by atoms with Crippen molar-refractivity contribution in [3.63, 3.8) is 0 Å². The van der Waals surface area contributed by atoms with Crippen molar-refractivity contribution < 1.29 is 0 Å². The van der Waals surface area contributed by atoms with Crippen molar-refractivity contribution in [2.45, 2.75) is 20.4 Å². The molecule has 0 spiro atoms. The van der Waals surface area contributed by atoms with Crippen molar-refractivity contribution in [2.75, 3.05) is 0 Å². The molecule has 0 saturated carbocycles. The first-order chi connectivity index (χ1) is 10.2. The van der Waals surface area contributed by atoms with Gasteiger partial charge in [-0.05, 0) is 24.1 Å². The number of nitrogens with zero attached hydrogens (tertiary/aromatic N) is 5. The Bertz CT molecular complexity index is 812. The monoisotopic (exact) mass is 277 g/mol. The zero-order chi connectivity index (χ0) is 14.8. The van der Waals surface area contributed by atoms with Crippen LogP contribution in [0.1, 0.15) is 19.4 Å². The maximum atomic E-state index is 9.03. The lowest BCUT2D eigenvalue weighted by Gasteiger charge is -2.11. The second-order valence-electron chi connectivity index (χ2n) is 5.35. The van der Waals surface area contributed by atoms with Crippen LogP contribution in [0.5, 0.6) is 0 Å². The second kappa shape index (κ2) is 5.33. The van der Waals surface area contributed by atoms with Crippen LogP contribution >= 0.6 is 0 Å². The van der Waals surface area contributed by atoms with Crippen LogP contribution in [0.25, 0.3) is 22.6 Å². The number of hydrogen-bond donors (Lipinski definition) is 0. The lowest BCUT2D eigenvalue weighted by Crippen LogP contribution is -2.06. The van der Waals surface area contributed by atoms with E-state index in [2.05, 4.69) is 39.4 Å². The Morgan fingerprint density at radius 1 is 1.29 bits per heavy atom. The predicted molar refractivity (Wildman–Crippen MR) is 80.3 cm³/mol. The first-order valence-corrected chi connectivity index (χ1v) is 6.86. The third-order valence-corrected chi connectivity index (χ3v) is 3.22. The molecule has 0 radical (unpaired) electrons. The molecule has 5 nitrogen and oxygen atoms in total. The summed E-state index contributed by atoms with van der Waals surface area (Å²) in [5.74, 6) is 1.27. The fourth-order valence-electron chi connectivity index (χ4n) is 2.36. The van der Waals surface area contributed by atoms with Gasteiger partial charge in [0.1, 0.15) is 5.69 Å². The van der Waals surface area contributed by atoms with E-state index in [4.69, 9.17) is 5.26 Å². The van der Waals surface area contributed by atoms with Crippen LogP contribution in [0.3, 0.4) is 0 Å². The molecule has 0 N–H and O–H groups in total. The van der Waals surface area contributed by atoms with Gasteiger partial charge in [0, 0.05) is 18.9 Å². The number of rotatable bonds is 3. The standard InChI is InChI=1S/C16H15N5/c1-11(2)10-21-15-4-3-12(8-17)7-13(15)20-16(21)14-9-18-5-6-19-14/h3-7,9,11H,10H2,1-2H3. The zero-order valence-corrected chi connectivity index (χ0v) is 12.0. The van der Waals surface area contributed by atoms with E-state index in [1.165, 1.54) is 0 Å². The van der Waals surface area contributed by atoms with Gasteiger partial charge in [0.15, 0.2) is 5.82 Å². The summed E-state index contributed by atoms with van der Waals surface area (Å²) in [7, 11) is 0. The van der Waals surface area contributed by atoms with E-state index in [0.717, 1.165) is 29.1 Å². The summed E-state index contributed by atoms with van der Waals surface area (Å²) in [6.07, 6.45) is 5.02. The van der Waals surface area contributed by atoms with Crippen molar-refractivity contribution >= 4 is 11.0 Å². The fourth-order valence-corrected chi connectivity index (χ4v) is 2.36. The summed E-state index contributed by atoms with van der Waals surface area (Å²) < 4.78 is 2.14. The average Bonchev–Trinajstić information content (AvgIpc) is 2.85. The Balaban J connectivity index is 2.25. The molecule has 0 bridgehead atoms. The maximum Gasteiger partial charge on any atom is 0.161 e. The normalized spacial score (nSPS) is 11.0. The molecule has 2 heterocycles. The minimum absolute atomic E-state index is 0.480. The third-order valence-electron chi connectivity index (χ3n) is 3.22. The van der Waals surface area contributed by atoms with Crippen molar-refractivity contribution in [3.05, 3.63) is 42.4 Å². The lowest BCUT2D eigenvalue weighted by molar-refractivity contribution is 0.536. The first kappa shape index (κ1) is 13.3. The van der Waals surface area contributed by atoms with E-state index in [0.29, 0.717) is 11.5 Å². The van der Waals surface area contributed by atoms with E-state index in [-0.39, 0.29) is 0 Å². The highest BCUT2D eigenvalue weighted by Crippen LogP contribution is 2.25. The Kier molecular flexibility index (Phi) is 3.36. The summed E-state index contributed by atoms with van der Waals surface area (Å²) in [6.45, 7) is 5.17. The number of nitriles is 1. The fraction of sp³-hybridized carbons (Fsp3) is 0.250. The van der Waals surface area contributed by atoms with Gasteiger partial charge in [0.25, 0.3) is 0 Å². The van der Waals surface area contributed by atoms with E-state index in [1.54, 1.807) is 18.6 Å². The molecule has 1 aromatic carbocycles. The van der Waals surface area contributed by atoms with Crippen molar-refractivity contribution in [1.29, 1.82) is 5.26 Å². The molecule has 3 aromatic rings. The Morgan fingerprint density at radius 3 is 2.81 bits per heavy atom. The lowest BCUT2D eigenvalue weighted by atomic mass is 10.2. The van der Waals surface area contributed by atoms with E-state index in [1.807, 2.05) is 18.2 Å². The van der Waals surface area contributed by atoms with Crippen LogP contribution in [-0.2, 0) is 6.54 Å². The highest BCUT2D eigenvalue weighted by atomic mass is 15.1. The maximum absolute atomic E-state index is 9.03. The molecule has 0 aliphatic rings. The molecule has 5 heteroatoms. The molecule has 0 unspecified atom stereocenters. The second-order valence-corrected chi connectivity index (χ2v) is 5.35. The summed E-state index contributed by atoms with van der Waals surface area (Å²) >= 11 is 0. The van der Waals surface area contributed by atoms with Gasteiger partial charge in [-0.15, -0.1) is 0 Å². The minimum atomic E-state index is 0.480. The van der Waals surface area contributed by atoms with Gasteiger partial charge in [-0.2, -0.15) is 5.26 Å². The van der Waals surface area contributed by atoms with Crippen LogP contribution in [0.4, 0.5) is 0 Å². The molecule has 0 aliphatic carbocycles. The number of imidazole rings is 1. The van der Waals surface area contributed by atoms with Gasteiger partial charge in [0.2, 0.25) is 0 Å². The number of hydrogen-bond acceptors (Lipinski definition) is 4. The summed E-state index contributed by atoms with van der Waals surface area (Å²) in [5, 5.41) is 9.03. The Morgan fingerprint density at radius 2 is 2.14 bits per heavy atom. The van der Waals surface area contributed by atoms with Gasteiger partial charge in [0.05, 0.1) is 28.9 Å².